The van der Waals surface area contributed by atoms with Gasteiger partial charge in [0, 0.05) is 18.3 Å². The molecule has 1 rings (SSSR count). The van der Waals surface area contributed by atoms with E-state index in [2.05, 4.69) is 10.6 Å². The van der Waals surface area contributed by atoms with Gasteiger partial charge in [-0.15, -0.1) is 0 Å². The summed E-state index contributed by atoms with van der Waals surface area (Å²) in [7, 11) is 0. The maximum Gasteiger partial charge on any atom is 0.241 e. The predicted octanol–water partition coefficient (Wildman–Crippen LogP) is 1.63. The smallest absolute Gasteiger partial charge is 0.241 e. The van der Waals surface area contributed by atoms with Crippen molar-refractivity contribution in [3.05, 3.63) is 23.8 Å². The van der Waals surface area contributed by atoms with Crippen molar-refractivity contribution >= 4 is 23.2 Å². The Bertz CT molecular complexity index is 458. The quantitative estimate of drug-likeness (QED) is 0.758. The topological polar surface area (TPSA) is 84.2 Å². The molecule has 0 fully saturated rings. The first-order chi connectivity index (χ1) is 8.43. The molecular formula is C13H19N3O2. The molecule has 0 unspecified atom stereocenters. The van der Waals surface area contributed by atoms with Gasteiger partial charge >= 0.3 is 0 Å². The van der Waals surface area contributed by atoms with Crippen LogP contribution in [0.25, 0.3) is 0 Å². The summed E-state index contributed by atoms with van der Waals surface area (Å²) in [5.41, 5.74) is 7.92. The maximum atomic E-state index is 11.6. The van der Waals surface area contributed by atoms with Crippen LogP contribution < -0.4 is 16.4 Å². The summed E-state index contributed by atoms with van der Waals surface area (Å²) >= 11 is 0. The van der Waals surface area contributed by atoms with E-state index in [-0.39, 0.29) is 11.8 Å². The second kappa shape index (κ2) is 6.16. The minimum absolute atomic E-state index is 0.122. The number of hydrogen-bond acceptors (Lipinski definition) is 3. The number of anilines is 2. The van der Waals surface area contributed by atoms with Crippen LogP contribution in [-0.4, -0.2) is 17.9 Å². The van der Waals surface area contributed by atoms with Crippen LogP contribution in [0.15, 0.2) is 18.2 Å². The fourth-order valence-corrected chi connectivity index (χ4v) is 1.49. The summed E-state index contributed by atoms with van der Waals surface area (Å²) in [5, 5.41) is 5.45. The Hall–Kier alpha value is -1.88. The summed E-state index contributed by atoms with van der Waals surface area (Å²) in [6.07, 6.45) is 0.592. The standard InChI is InChI=1S/C13H19N3O2/c1-4-11(14)13(18)16-10-5-6-12(8(2)7-10)15-9(3)17/h5-7,11H,4,14H2,1-3H3,(H,15,17)(H,16,18)/t11-/m0/s1. The summed E-state index contributed by atoms with van der Waals surface area (Å²) in [4.78, 5) is 22.6. The Kier molecular flexibility index (Phi) is 4.85. The Morgan fingerprint density at radius 3 is 2.50 bits per heavy atom. The molecule has 2 amide bonds. The molecule has 0 saturated heterocycles. The van der Waals surface area contributed by atoms with E-state index in [0.717, 1.165) is 11.3 Å². The van der Waals surface area contributed by atoms with Gasteiger partial charge < -0.3 is 16.4 Å². The van der Waals surface area contributed by atoms with Crippen LogP contribution in [0.3, 0.4) is 0 Å². The van der Waals surface area contributed by atoms with Crippen molar-refractivity contribution in [2.45, 2.75) is 33.2 Å². The lowest BCUT2D eigenvalue weighted by Crippen LogP contribution is -2.34. The molecule has 18 heavy (non-hydrogen) atoms. The van der Waals surface area contributed by atoms with Gasteiger partial charge in [-0.3, -0.25) is 9.59 Å². The van der Waals surface area contributed by atoms with Gasteiger partial charge in [0.15, 0.2) is 0 Å². The minimum atomic E-state index is -0.500. The Balaban J connectivity index is 2.78. The third kappa shape index (κ3) is 3.85. The molecule has 0 aliphatic rings. The van der Waals surface area contributed by atoms with Crippen molar-refractivity contribution in [3.63, 3.8) is 0 Å². The van der Waals surface area contributed by atoms with E-state index in [1.54, 1.807) is 18.2 Å². The number of nitrogens with two attached hydrogens (primary N) is 1. The Morgan fingerprint density at radius 1 is 1.33 bits per heavy atom. The highest BCUT2D eigenvalue weighted by Gasteiger charge is 2.11. The molecule has 0 heterocycles. The first-order valence-electron chi connectivity index (χ1n) is 5.88. The molecule has 0 aliphatic carbocycles. The summed E-state index contributed by atoms with van der Waals surface area (Å²) in [5.74, 6) is -0.327. The molecule has 4 N–H and O–H groups in total. The van der Waals surface area contributed by atoms with E-state index in [9.17, 15) is 9.59 Å². The molecule has 1 aromatic rings. The van der Waals surface area contributed by atoms with Gasteiger partial charge in [0.2, 0.25) is 11.8 Å². The summed E-state index contributed by atoms with van der Waals surface area (Å²) in [6.45, 7) is 5.17. The lowest BCUT2D eigenvalue weighted by atomic mass is 10.1. The van der Waals surface area contributed by atoms with Crippen LogP contribution in [0.5, 0.6) is 0 Å². The SMILES string of the molecule is CC[C@H](N)C(=O)Nc1ccc(NC(C)=O)c(C)c1. The van der Waals surface area contributed by atoms with Gasteiger partial charge in [0.05, 0.1) is 6.04 Å². The van der Waals surface area contributed by atoms with Crippen molar-refractivity contribution < 1.29 is 9.59 Å². The normalized spacial score (nSPS) is 11.8. The molecular weight excluding hydrogens is 230 g/mol. The monoisotopic (exact) mass is 249 g/mol. The van der Waals surface area contributed by atoms with Gasteiger partial charge in [-0.2, -0.15) is 0 Å². The van der Waals surface area contributed by atoms with Crippen LogP contribution >= 0.6 is 0 Å². The van der Waals surface area contributed by atoms with E-state index in [1.807, 2.05) is 13.8 Å². The van der Waals surface area contributed by atoms with Crippen LogP contribution in [0.2, 0.25) is 0 Å². The number of hydrogen-bond donors (Lipinski definition) is 3. The molecule has 0 bridgehead atoms. The zero-order valence-corrected chi connectivity index (χ0v) is 10.9. The first kappa shape index (κ1) is 14.2. The fraction of sp³-hybridized carbons (Fsp3) is 0.385. The van der Waals surface area contributed by atoms with Crippen molar-refractivity contribution in [2.75, 3.05) is 10.6 Å². The average molecular weight is 249 g/mol. The van der Waals surface area contributed by atoms with E-state index in [1.165, 1.54) is 6.92 Å². The molecule has 0 radical (unpaired) electrons. The van der Waals surface area contributed by atoms with Gasteiger partial charge in [-0.1, -0.05) is 6.92 Å². The van der Waals surface area contributed by atoms with Crippen molar-refractivity contribution in [2.24, 2.45) is 5.73 Å². The van der Waals surface area contributed by atoms with Gasteiger partial charge in [-0.05, 0) is 37.1 Å². The van der Waals surface area contributed by atoms with E-state index >= 15 is 0 Å². The third-order valence-corrected chi connectivity index (χ3v) is 2.58. The largest absolute Gasteiger partial charge is 0.326 e. The molecule has 0 aromatic heterocycles. The summed E-state index contributed by atoms with van der Waals surface area (Å²) in [6, 6.07) is 4.79. The lowest BCUT2D eigenvalue weighted by molar-refractivity contribution is -0.117. The number of benzene rings is 1. The first-order valence-corrected chi connectivity index (χ1v) is 5.88. The molecule has 0 aliphatic heterocycles. The number of amides is 2. The zero-order valence-electron chi connectivity index (χ0n) is 10.9. The van der Waals surface area contributed by atoms with Crippen molar-refractivity contribution in [3.8, 4) is 0 Å². The van der Waals surface area contributed by atoms with E-state index < -0.39 is 6.04 Å². The highest BCUT2D eigenvalue weighted by molar-refractivity contribution is 5.95. The van der Waals surface area contributed by atoms with Crippen LogP contribution in [0, 0.1) is 6.92 Å². The predicted molar refractivity (Wildman–Crippen MR) is 72.4 cm³/mol. The molecule has 0 spiro atoms. The number of carbonyl (C=O) groups is 2. The molecule has 5 nitrogen and oxygen atoms in total. The molecule has 98 valence electrons. The number of carbonyl (C=O) groups excluding carboxylic acids is 2. The molecule has 1 atom stereocenters. The molecule has 1 aromatic carbocycles. The van der Waals surface area contributed by atoms with Crippen LogP contribution in [0.1, 0.15) is 25.8 Å². The van der Waals surface area contributed by atoms with Crippen molar-refractivity contribution in [1.29, 1.82) is 0 Å². The molecule has 5 heteroatoms. The van der Waals surface area contributed by atoms with Gasteiger partial charge in [-0.25, -0.2) is 0 Å². The van der Waals surface area contributed by atoms with Crippen LogP contribution in [-0.2, 0) is 9.59 Å². The number of nitrogens with one attached hydrogen (secondary N) is 2. The second-order valence-corrected chi connectivity index (χ2v) is 4.21. The van der Waals surface area contributed by atoms with E-state index in [0.29, 0.717) is 12.1 Å². The van der Waals surface area contributed by atoms with Gasteiger partial charge in [0.1, 0.15) is 0 Å². The fourth-order valence-electron chi connectivity index (χ4n) is 1.49. The molecule has 0 saturated carbocycles. The number of rotatable bonds is 4. The van der Waals surface area contributed by atoms with Crippen molar-refractivity contribution in [1.82, 2.24) is 0 Å². The van der Waals surface area contributed by atoms with E-state index in [4.69, 9.17) is 5.73 Å². The van der Waals surface area contributed by atoms with Crippen LogP contribution in [0.4, 0.5) is 11.4 Å². The average Bonchev–Trinajstić information content (AvgIpc) is 2.31. The Labute approximate surface area is 107 Å². The Morgan fingerprint density at radius 2 is 2.00 bits per heavy atom. The number of aryl methyl sites for hydroxylation is 1. The highest BCUT2D eigenvalue weighted by atomic mass is 16.2. The summed E-state index contributed by atoms with van der Waals surface area (Å²) < 4.78 is 0. The second-order valence-electron chi connectivity index (χ2n) is 4.21. The van der Waals surface area contributed by atoms with Gasteiger partial charge in [0.25, 0.3) is 0 Å². The lowest BCUT2D eigenvalue weighted by Gasteiger charge is -2.12. The minimum Gasteiger partial charge on any atom is -0.326 e. The third-order valence-electron chi connectivity index (χ3n) is 2.58. The maximum absolute atomic E-state index is 11.6. The highest BCUT2D eigenvalue weighted by Crippen LogP contribution is 2.19. The zero-order chi connectivity index (χ0) is 13.7.